The topological polar surface area (TPSA) is 87.1 Å². The smallest absolute Gasteiger partial charge is 0.189 e. The molecule has 0 aliphatic rings. The van der Waals surface area contributed by atoms with Crippen molar-refractivity contribution in [2.75, 3.05) is 10.6 Å². The molecule has 164 valence electrons. The first-order chi connectivity index (χ1) is 16.1. The molecule has 0 saturated heterocycles. The number of rotatable bonds is 8. The van der Waals surface area contributed by atoms with Gasteiger partial charge in [-0.25, -0.2) is 9.97 Å². The fourth-order valence-electron chi connectivity index (χ4n) is 3.12. The third kappa shape index (κ3) is 5.83. The highest BCUT2D eigenvalue weighted by molar-refractivity contribution is 6.30. The van der Waals surface area contributed by atoms with E-state index >= 15 is 0 Å². The largest absolute Gasteiger partial charge is 0.392 e. The van der Waals surface area contributed by atoms with Crippen LogP contribution in [0.15, 0.2) is 91.3 Å². The molecule has 0 spiro atoms. The Morgan fingerprint density at radius 1 is 0.848 bits per heavy atom. The van der Waals surface area contributed by atoms with Gasteiger partial charge in [-0.3, -0.25) is 4.79 Å². The van der Waals surface area contributed by atoms with Crippen LogP contribution in [-0.4, -0.2) is 20.9 Å². The number of aromatic nitrogens is 2. The molecule has 0 saturated carbocycles. The number of hydrogen-bond acceptors (Lipinski definition) is 6. The monoisotopic (exact) mass is 456 g/mol. The van der Waals surface area contributed by atoms with Gasteiger partial charge < -0.3 is 15.7 Å². The molecule has 0 atom stereocenters. The maximum absolute atomic E-state index is 13.0. The van der Waals surface area contributed by atoms with E-state index in [-0.39, 0.29) is 12.4 Å². The van der Waals surface area contributed by atoms with Gasteiger partial charge in [0.05, 0.1) is 12.2 Å². The molecule has 3 N–H and O–H groups in total. The van der Waals surface area contributed by atoms with Crippen molar-refractivity contribution in [2.45, 2.75) is 6.61 Å². The summed E-state index contributed by atoms with van der Waals surface area (Å²) in [6, 6.07) is 21.7. The van der Waals surface area contributed by atoms with Gasteiger partial charge in [0.25, 0.3) is 0 Å². The van der Waals surface area contributed by atoms with Crippen molar-refractivity contribution < 1.29 is 9.90 Å². The Morgan fingerprint density at radius 2 is 1.45 bits per heavy atom. The molecule has 0 bridgehead atoms. The lowest BCUT2D eigenvalue weighted by molar-refractivity contribution is 0.104. The number of anilines is 4. The molecule has 2 aromatic heterocycles. The van der Waals surface area contributed by atoms with Crippen molar-refractivity contribution in [2.24, 2.45) is 0 Å². The van der Waals surface area contributed by atoms with E-state index in [2.05, 4.69) is 20.6 Å². The molecule has 0 amide bonds. The Bertz CT molecular complexity index is 1270. The number of aliphatic hydroxyl groups is 1. The first-order valence-electron chi connectivity index (χ1n) is 10.2. The quantitative estimate of drug-likeness (QED) is 0.222. The number of aliphatic hydroxyl groups excluding tert-OH is 1. The number of allylic oxidation sites excluding steroid dienone is 1. The number of ketones is 1. The Balaban J connectivity index is 1.53. The third-order valence-corrected chi connectivity index (χ3v) is 5.08. The molecule has 33 heavy (non-hydrogen) atoms. The van der Waals surface area contributed by atoms with Gasteiger partial charge in [-0.1, -0.05) is 23.7 Å². The summed E-state index contributed by atoms with van der Waals surface area (Å²) in [4.78, 5) is 21.7. The minimum Gasteiger partial charge on any atom is -0.392 e. The number of carbonyl (C=O) groups excluding carboxylic acids is 1. The van der Waals surface area contributed by atoms with Crippen LogP contribution in [0.3, 0.4) is 0 Å². The van der Waals surface area contributed by atoms with Crippen molar-refractivity contribution in [1.29, 1.82) is 0 Å². The predicted octanol–water partition coefficient (Wildman–Crippen LogP) is 6.01. The average Bonchev–Trinajstić information content (AvgIpc) is 2.85. The van der Waals surface area contributed by atoms with Gasteiger partial charge in [-0.15, -0.1) is 0 Å². The van der Waals surface area contributed by atoms with Gasteiger partial charge >= 0.3 is 0 Å². The van der Waals surface area contributed by atoms with Crippen LogP contribution in [0.1, 0.15) is 21.5 Å². The van der Waals surface area contributed by atoms with Crippen molar-refractivity contribution in [1.82, 2.24) is 9.97 Å². The second-order valence-electron chi connectivity index (χ2n) is 7.15. The van der Waals surface area contributed by atoms with E-state index in [1.54, 1.807) is 42.7 Å². The van der Waals surface area contributed by atoms with Crippen LogP contribution >= 0.6 is 11.6 Å². The van der Waals surface area contributed by atoms with Crippen molar-refractivity contribution >= 4 is 46.5 Å². The highest BCUT2D eigenvalue weighted by Gasteiger charge is 2.11. The minimum absolute atomic E-state index is 0.0262. The van der Waals surface area contributed by atoms with Crippen LogP contribution in [0.2, 0.25) is 5.02 Å². The normalized spacial score (nSPS) is 10.8. The summed E-state index contributed by atoms with van der Waals surface area (Å²) in [5.41, 5.74) is 3.62. The zero-order valence-electron chi connectivity index (χ0n) is 17.6. The number of nitrogens with one attached hydrogen (secondary N) is 2. The van der Waals surface area contributed by atoms with E-state index in [4.69, 9.17) is 11.6 Å². The maximum Gasteiger partial charge on any atom is 0.189 e. The van der Waals surface area contributed by atoms with Crippen molar-refractivity contribution in [3.63, 3.8) is 0 Å². The lowest BCUT2D eigenvalue weighted by atomic mass is 10.1. The van der Waals surface area contributed by atoms with Crippen LogP contribution in [0.25, 0.3) is 6.08 Å². The van der Waals surface area contributed by atoms with E-state index in [9.17, 15) is 9.90 Å². The standard InChI is InChI=1S/C26H21ClN4O2/c27-20-8-12-22(13-9-20)30-25-19(3-1-15-28-25)7-14-24(33)23-4-2-16-29-26(23)31-21-10-5-18(17-32)6-11-21/h1-16,32H,17H2,(H,28,30)(H,29,31)/b14-7+. The molecule has 0 radical (unpaired) electrons. The number of carbonyl (C=O) groups is 1. The molecule has 0 aliphatic carbocycles. The highest BCUT2D eigenvalue weighted by atomic mass is 35.5. The minimum atomic E-state index is -0.195. The lowest BCUT2D eigenvalue weighted by Gasteiger charge is -2.10. The lowest BCUT2D eigenvalue weighted by Crippen LogP contribution is -2.03. The summed E-state index contributed by atoms with van der Waals surface area (Å²) in [6.07, 6.45) is 6.53. The number of halogens is 1. The molecule has 4 aromatic rings. The maximum atomic E-state index is 13.0. The van der Waals surface area contributed by atoms with Crippen LogP contribution < -0.4 is 10.6 Å². The average molecular weight is 457 g/mol. The molecular formula is C26H21ClN4O2. The third-order valence-electron chi connectivity index (χ3n) is 4.83. The Morgan fingerprint density at radius 3 is 2.15 bits per heavy atom. The van der Waals surface area contributed by atoms with E-state index in [0.717, 1.165) is 22.5 Å². The van der Waals surface area contributed by atoms with E-state index in [1.165, 1.54) is 6.08 Å². The Kier molecular flexibility index (Phi) is 7.09. The van der Waals surface area contributed by atoms with Crippen LogP contribution in [0.4, 0.5) is 23.0 Å². The van der Waals surface area contributed by atoms with Gasteiger partial charge in [0.2, 0.25) is 0 Å². The summed E-state index contributed by atoms with van der Waals surface area (Å²) in [6.45, 7) is -0.0262. The van der Waals surface area contributed by atoms with Gasteiger partial charge in [0, 0.05) is 34.4 Å². The zero-order chi connectivity index (χ0) is 23.0. The first kappa shape index (κ1) is 22.2. The molecule has 4 rings (SSSR count). The summed E-state index contributed by atoms with van der Waals surface area (Å²) < 4.78 is 0. The van der Waals surface area contributed by atoms with Gasteiger partial charge in [-0.2, -0.15) is 0 Å². The number of hydrogen-bond donors (Lipinski definition) is 3. The Hall–Kier alpha value is -4.00. The molecule has 2 aromatic carbocycles. The summed E-state index contributed by atoms with van der Waals surface area (Å²) in [5, 5.41) is 16.3. The molecule has 0 unspecified atom stereocenters. The van der Waals surface area contributed by atoms with Crippen LogP contribution in [0, 0.1) is 0 Å². The van der Waals surface area contributed by atoms with Crippen LogP contribution in [-0.2, 0) is 6.61 Å². The zero-order valence-corrected chi connectivity index (χ0v) is 18.3. The first-order valence-corrected chi connectivity index (χ1v) is 10.6. The highest BCUT2D eigenvalue weighted by Crippen LogP contribution is 2.23. The number of nitrogens with zero attached hydrogens (tertiary/aromatic N) is 2. The molecule has 0 aliphatic heterocycles. The molecule has 7 heteroatoms. The van der Waals surface area contributed by atoms with Crippen molar-refractivity contribution in [3.8, 4) is 0 Å². The van der Waals surface area contributed by atoms with E-state index < -0.39 is 0 Å². The predicted molar refractivity (Wildman–Crippen MR) is 132 cm³/mol. The molecule has 0 fully saturated rings. The Labute approximate surface area is 196 Å². The van der Waals surface area contributed by atoms with Crippen molar-refractivity contribution in [3.05, 3.63) is 113 Å². The molecule has 2 heterocycles. The summed E-state index contributed by atoms with van der Waals surface area (Å²) >= 11 is 5.95. The molecule has 6 nitrogen and oxygen atoms in total. The van der Waals surface area contributed by atoms with Gasteiger partial charge in [-0.05, 0) is 78.4 Å². The number of benzene rings is 2. The summed E-state index contributed by atoms with van der Waals surface area (Å²) in [5.74, 6) is 0.880. The van der Waals surface area contributed by atoms with E-state index in [1.807, 2.05) is 48.5 Å². The van der Waals surface area contributed by atoms with E-state index in [0.29, 0.717) is 22.2 Å². The SMILES string of the molecule is O=C(/C=C/c1cccnc1Nc1ccc(Cl)cc1)c1cccnc1Nc1ccc(CO)cc1. The second-order valence-corrected chi connectivity index (χ2v) is 7.59. The fraction of sp³-hybridized carbons (Fsp3) is 0.0385. The van der Waals surface area contributed by atoms with Gasteiger partial charge in [0.1, 0.15) is 11.6 Å². The molecular weight excluding hydrogens is 436 g/mol. The van der Waals surface area contributed by atoms with Gasteiger partial charge in [0.15, 0.2) is 5.78 Å². The second kappa shape index (κ2) is 10.5. The number of pyridine rings is 2. The fourth-order valence-corrected chi connectivity index (χ4v) is 3.24. The summed E-state index contributed by atoms with van der Waals surface area (Å²) in [7, 11) is 0. The van der Waals surface area contributed by atoms with Crippen LogP contribution in [0.5, 0.6) is 0 Å².